The molecule has 3 amide bonds. The van der Waals surface area contributed by atoms with E-state index in [9.17, 15) is 19.7 Å². The third-order valence-corrected chi connectivity index (χ3v) is 1.01. The van der Waals surface area contributed by atoms with Gasteiger partial charge in [-0.05, 0) is 11.6 Å². The Morgan fingerprint density at radius 2 is 2.09 bits per heavy atom. The maximum atomic E-state index is 10.4. The number of nitrogens with two attached hydrogens (primary N) is 1. The molecule has 0 aliphatic rings. The monoisotopic (exact) mass is 181 g/mol. The van der Waals surface area contributed by atoms with Gasteiger partial charge in [0.15, 0.2) is 0 Å². The summed E-state index contributed by atoms with van der Waals surface area (Å²) in [5.74, 6) is -1.25. The first-order valence-electron chi connectivity index (χ1n) is 2.33. The van der Waals surface area contributed by atoms with Gasteiger partial charge in [-0.15, -0.1) is 0 Å². The maximum Gasteiger partial charge on any atom is 0.363 e. The van der Waals surface area contributed by atoms with E-state index in [-0.39, 0.29) is 0 Å². The third-order valence-electron chi connectivity index (χ3n) is 0.648. The van der Waals surface area contributed by atoms with Gasteiger partial charge in [-0.25, -0.2) is 4.79 Å². The number of nitrogens with one attached hydrogen (secondary N) is 1. The van der Waals surface area contributed by atoms with Gasteiger partial charge in [0.2, 0.25) is 0 Å². The molecule has 0 fully saturated rings. The molecule has 0 unspecified atom stereocenters. The van der Waals surface area contributed by atoms with E-state index in [0.29, 0.717) is 0 Å². The summed E-state index contributed by atoms with van der Waals surface area (Å²) in [4.78, 5) is 29.1. The largest absolute Gasteiger partial charge is 0.363 e. The topological polar surface area (TPSA) is 115 Å². The summed E-state index contributed by atoms with van der Waals surface area (Å²) in [5, 5.41) is 11.2. The number of primary amides is 1. The minimum absolute atomic E-state index is 1.06. The Labute approximate surface area is 65.6 Å². The second-order valence-corrected chi connectivity index (χ2v) is 1.89. The van der Waals surface area contributed by atoms with Gasteiger partial charge in [-0.3, -0.25) is 20.2 Å². The van der Waals surface area contributed by atoms with E-state index < -0.39 is 22.4 Å². The Bertz CT molecular complexity index is 205. The Morgan fingerprint density at radius 3 is 2.36 bits per heavy atom. The molecule has 0 radical (unpaired) electrons. The van der Waals surface area contributed by atoms with Gasteiger partial charge in [-0.1, -0.05) is 0 Å². The second kappa shape index (κ2) is 3.71. The highest BCUT2D eigenvalue weighted by Gasteiger charge is 2.27. The van der Waals surface area contributed by atoms with Crippen molar-refractivity contribution < 1.29 is 14.5 Å². The molecule has 8 heteroatoms. The highest BCUT2D eigenvalue weighted by molar-refractivity contribution is 6.30. The number of rotatable bonds is 2. The van der Waals surface area contributed by atoms with Gasteiger partial charge < -0.3 is 5.73 Å². The van der Waals surface area contributed by atoms with Crippen molar-refractivity contribution in [2.24, 2.45) is 5.73 Å². The van der Waals surface area contributed by atoms with Crippen LogP contribution in [0.1, 0.15) is 0 Å². The van der Waals surface area contributed by atoms with Crippen LogP contribution in [0.2, 0.25) is 0 Å². The molecule has 3 N–H and O–H groups in total. The van der Waals surface area contributed by atoms with Crippen LogP contribution in [0.4, 0.5) is 4.79 Å². The van der Waals surface area contributed by atoms with Crippen molar-refractivity contribution in [3.05, 3.63) is 10.1 Å². The molecule has 0 aliphatic carbocycles. The predicted octanol–water partition coefficient (Wildman–Crippen LogP) is -0.977. The molecule has 0 aliphatic heterocycles. The zero-order valence-corrected chi connectivity index (χ0v) is 5.87. The Balaban J connectivity index is 4.04. The first kappa shape index (κ1) is 9.63. The lowest BCUT2D eigenvalue weighted by molar-refractivity contribution is -0.484. The molecule has 0 aromatic rings. The average molecular weight is 182 g/mol. The lowest BCUT2D eigenvalue weighted by Crippen LogP contribution is -2.42. The summed E-state index contributed by atoms with van der Waals surface area (Å²) in [6.45, 7) is 0. The number of nitrogens with zero attached hydrogens (tertiary/aromatic N) is 1. The van der Waals surface area contributed by atoms with Crippen molar-refractivity contribution in [3.8, 4) is 0 Å². The zero-order chi connectivity index (χ0) is 9.02. The van der Waals surface area contributed by atoms with Crippen LogP contribution < -0.4 is 11.1 Å². The molecule has 11 heavy (non-hydrogen) atoms. The van der Waals surface area contributed by atoms with Crippen molar-refractivity contribution in [3.63, 3.8) is 0 Å². The SMILES string of the molecule is NC(=O)NC(=O)[C@@H](Cl)[N+](=O)[O-]. The molecule has 0 aromatic carbocycles. The molecule has 0 heterocycles. The van der Waals surface area contributed by atoms with E-state index in [2.05, 4.69) is 5.73 Å². The quantitative estimate of drug-likeness (QED) is 0.247. The fourth-order valence-corrected chi connectivity index (χ4v) is 0.331. The maximum absolute atomic E-state index is 10.4. The van der Waals surface area contributed by atoms with Crippen LogP contribution >= 0.6 is 11.6 Å². The van der Waals surface area contributed by atoms with E-state index in [4.69, 9.17) is 11.6 Å². The normalized spacial score (nSPS) is 11.7. The van der Waals surface area contributed by atoms with Gasteiger partial charge in [0.25, 0.3) is 0 Å². The minimum Gasteiger partial charge on any atom is -0.351 e. The molecule has 0 rings (SSSR count). The number of alkyl halides is 1. The van der Waals surface area contributed by atoms with Crippen molar-refractivity contribution in [2.45, 2.75) is 5.50 Å². The molecule has 0 saturated carbocycles. The van der Waals surface area contributed by atoms with Crippen LogP contribution in [0.25, 0.3) is 0 Å². The van der Waals surface area contributed by atoms with Crippen LogP contribution in [0, 0.1) is 10.1 Å². The molecular weight excluding hydrogens is 178 g/mol. The lowest BCUT2D eigenvalue weighted by atomic mass is 10.6. The van der Waals surface area contributed by atoms with Crippen LogP contribution in [-0.4, -0.2) is 22.4 Å². The summed E-state index contributed by atoms with van der Waals surface area (Å²) < 4.78 is 0. The number of amides is 3. The van der Waals surface area contributed by atoms with Crippen molar-refractivity contribution >= 4 is 23.5 Å². The minimum atomic E-state index is -1.98. The van der Waals surface area contributed by atoms with Gasteiger partial charge in [0.05, 0.1) is 0 Å². The van der Waals surface area contributed by atoms with Crippen LogP contribution in [-0.2, 0) is 4.79 Å². The number of urea groups is 1. The summed E-state index contributed by atoms with van der Waals surface area (Å²) in [6.07, 6.45) is 0. The van der Waals surface area contributed by atoms with Crippen molar-refractivity contribution in [1.82, 2.24) is 5.32 Å². The molecule has 0 spiro atoms. The third kappa shape index (κ3) is 3.36. The van der Waals surface area contributed by atoms with Gasteiger partial charge >= 0.3 is 17.4 Å². The van der Waals surface area contributed by atoms with E-state index in [0.717, 1.165) is 0 Å². The summed E-state index contributed by atoms with van der Waals surface area (Å²) >= 11 is 4.89. The molecule has 0 saturated heterocycles. The number of halogens is 1. The Hall–Kier alpha value is -1.37. The van der Waals surface area contributed by atoms with Gasteiger partial charge in [0, 0.05) is 4.92 Å². The standard InChI is InChI=1S/C3H4ClN3O4/c4-1(7(10)11)2(8)6-3(5)9/h1H,(H3,5,6,8,9)/t1-/m0/s1. The predicted molar refractivity (Wildman–Crippen MR) is 34.4 cm³/mol. The first-order chi connectivity index (χ1) is 4.95. The van der Waals surface area contributed by atoms with E-state index >= 15 is 0 Å². The highest BCUT2D eigenvalue weighted by Crippen LogP contribution is 1.94. The Morgan fingerprint density at radius 1 is 1.64 bits per heavy atom. The van der Waals surface area contributed by atoms with E-state index in [1.165, 1.54) is 5.32 Å². The van der Waals surface area contributed by atoms with E-state index in [1.807, 2.05) is 0 Å². The van der Waals surface area contributed by atoms with Crippen LogP contribution in [0.3, 0.4) is 0 Å². The van der Waals surface area contributed by atoms with Crippen LogP contribution in [0.5, 0.6) is 0 Å². The van der Waals surface area contributed by atoms with Crippen LogP contribution in [0.15, 0.2) is 0 Å². The number of carbonyl (C=O) groups excluding carboxylic acids is 2. The molecule has 7 nitrogen and oxygen atoms in total. The molecule has 0 aromatic heterocycles. The summed E-state index contributed by atoms with van der Waals surface area (Å²) in [5.41, 5.74) is 2.50. The van der Waals surface area contributed by atoms with Crippen molar-refractivity contribution in [2.75, 3.05) is 0 Å². The van der Waals surface area contributed by atoms with E-state index in [1.54, 1.807) is 0 Å². The molecule has 0 bridgehead atoms. The number of nitro groups is 1. The fraction of sp³-hybridized carbons (Fsp3) is 0.333. The number of imide groups is 1. The fourth-order valence-electron chi connectivity index (χ4n) is 0.277. The van der Waals surface area contributed by atoms with Crippen molar-refractivity contribution in [1.29, 1.82) is 0 Å². The zero-order valence-electron chi connectivity index (χ0n) is 5.11. The number of carbonyl (C=O) groups is 2. The highest BCUT2D eigenvalue weighted by atomic mass is 35.5. The molecule has 1 atom stereocenters. The number of hydrogen-bond donors (Lipinski definition) is 2. The Kier molecular flexibility index (Phi) is 3.25. The number of hydrogen-bond acceptors (Lipinski definition) is 4. The summed E-state index contributed by atoms with van der Waals surface area (Å²) in [6, 6.07) is -1.18. The van der Waals surface area contributed by atoms with Gasteiger partial charge in [0.1, 0.15) is 0 Å². The molecule has 62 valence electrons. The summed E-state index contributed by atoms with van der Waals surface area (Å²) in [7, 11) is 0. The molecular formula is C3H4ClN3O4. The lowest BCUT2D eigenvalue weighted by Gasteiger charge is -1.99. The second-order valence-electron chi connectivity index (χ2n) is 1.47. The van der Waals surface area contributed by atoms with Gasteiger partial charge in [-0.2, -0.15) is 0 Å². The smallest absolute Gasteiger partial charge is 0.351 e. The first-order valence-corrected chi connectivity index (χ1v) is 2.76. The average Bonchev–Trinajstić information content (AvgIpc) is 1.84.